The average molecular weight is 376 g/mol. The van der Waals surface area contributed by atoms with E-state index in [1.54, 1.807) is 6.20 Å². The standard InChI is InChI=1S/C22H24N4O2/c1-14-12-25(7-5-23-14)18-4-3-16-9-19(22(27)28-21(16)11-18)17-10-20-15(2)24-6-8-26(20)13-17/h3-4,6,8-11,13-14,22-23,27H,5,7,12H2,1-2H3/t14-,22?/m0/s1. The van der Waals surface area contributed by atoms with E-state index in [-0.39, 0.29) is 0 Å². The van der Waals surface area contributed by atoms with Crippen LogP contribution in [0.3, 0.4) is 0 Å². The van der Waals surface area contributed by atoms with Crippen LogP contribution in [0.1, 0.15) is 23.7 Å². The first kappa shape index (κ1) is 17.3. The molecule has 2 aliphatic rings. The van der Waals surface area contributed by atoms with Gasteiger partial charge in [-0.15, -0.1) is 0 Å². The van der Waals surface area contributed by atoms with E-state index < -0.39 is 6.29 Å². The predicted molar refractivity (Wildman–Crippen MR) is 111 cm³/mol. The average Bonchev–Trinajstić information content (AvgIpc) is 3.12. The number of rotatable bonds is 2. The molecule has 1 aromatic carbocycles. The van der Waals surface area contributed by atoms with Crippen LogP contribution >= 0.6 is 0 Å². The number of nitrogens with zero attached hydrogens (tertiary/aromatic N) is 3. The summed E-state index contributed by atoms with van der Waals surface area (Å²) in [4.78, 5) is 6.69. The Kier molecular flexibility index (Phi) is 4.10. The second-order valence-electron chi connectivity index (χ2n) is 7.63. The molecule has 3 aromatic rings. The number of hydrogen-bond donors (Lipinski definition) is 2. The van der Waals surface area contributed by atoms with Crippen LogP contribution in [0.25, 0.3) is 17.2 Å². The number of ether oxygens (including phenoxy) is 1. The first-order chi connectivity index (χ1) is 13.6. The fourth-order valence-electron chi connectivity index (χ4n) is 4.09. The van der Waals surface area contributed by atoms with Crippen LogP contribution in [-0.2, 0) is 0 Å². The number of piperazine rings is 1. The third kappa shape index (κ3) is 2.95. The number of aliphatic hydroxyl groups is 1. The van der Waals surface area contributed by atoms with Gasteiger partial charge in [-0.3, -0.25) is 4.98 Å². The second kappa shape index (κ2) is 6.65. The van der Waals surface area contributed by atoms with E-state index in [4.69, 9.17) is 4.74 Å². The second-order valence-corrected chi connectivity index (χ2v) is 7.63. The maximum Gasteiger partial charge on any atom is 0.224 e. The Bertz CT molecular complexity index is 1070. The predicted octanol–water partition coefficient (Wildman–Crippen LogP) is 2.69. The van der Waals surface area contributed by atoms with Gasteiger partial charge in [0.2, 0.25) is 6.29 Å². The molecule has 0 radical (unpaired) electrons. The summed E-state index contributed by atoms with van der Waals surface area (Å²) in [6, 6.07) is 8.75. The van der Waals surface area contributed by atoms with Crippen molar-refractivity contribution in [2.45, 2.75) is 26.2 Å². The Hall–Kier alpha value is -2.83. The molecule has 6 nitrogen and oxygen atoms in total. The lowest BCUT2D eigenvalue weighted by Crippen LogP contribution is -2.49. The number of nitrogens with one attached hydrogen (secondary N) is 1. The molecule has 144 valence electrons. The molecular formula is C22H24N4O2. The molecule has 0 saturated carbocycles. The highest BCUT2D eigenvalue weighted by Crippen LogP contribution is 2.37. The van der Waals surface area contributed by atoms with Gasteiger partial charge in [0, 0.05) is 72.7 Å². The number of benzene rings is 1. The summed E-state index contributed by atoms with van der Waals surface area (Å²) in [6.45, 7) is 7.08. The molecule has 0 bridgehead atoms. The third-order valence-corrected chi connectivity index (χ3v) is 5.59. The Morgan fingerprint density at radius 2 is 2.18 bits per heavy atom. The molecular weight excluding hydrogens is 352 g/mol. The summed E-state index contributed by atoms with van der Waals surface area (Å²) >= 11 is 0. The van der Waals surface area contributed by atoms with Crippen molar-refractivity contribution >= 4 is 22.9 Å². The molecule has 2 atom stereocenters. The van der Waals surface area contributed by atoms with Gasteiger partial charge in [-0.25, -0.2) is 0 Å². The molecule has 0 amide bonds. The van der Waals surface area contributed by atoms with E-state index in [9.17, 15) is 5.11 Å². The summed E-state index contributed by atoms with van der Waals surface area (Å²) in [6.07, 6.45) is 6.73. The quantitative estimate of drug-likeness (QED) is 0.720. The Morgan fingerprint density at radius 1 is 1.29 bits per heavy atom. The number of aliphatic hydroxyl groups excluding tert-OH is 1. The highest BCUT2D eigenvalue weighted by molar-refractivity contribution is 5.88. The fraction of sp³-hybridized carbons (Fsp3) is 0.318. The number of anilines is 1. The van der Waals surface area contributed by atoms with Crippen molar-refractivity contribution in [1.29, 1.82) is 0 Å². The van der Waals surface area contributed by atoms with Gasteiger partial charge in [-0.1, -0.05) is 0 Å². The van der Waals surface area contributed by atoms with E-state index in [2.05, 4.69) is 34.3 Å². The van der Waals surface area contributed by atoms with Crippen LogP contribution in [0, 0.1) is 6.92 Å². The molecule has 28 heavy (non-hydrogen) atoms. The minimum absolute atomic E-state index is 0.463. The molecule has 0 aliphatic carbocycles. The number of hydrogen-bond acceptors (Lipinski definition) is 5. The van der Waals surface area contributed by atoms with Crippen LogP contribution in [0.4, 0.5) is 5.69 Å². The van der Waals surface area contributed by atoms with Gasteiger partial charge in [0.05, 0.1) is 11.2 Å². The largest absolute Gasteiger partial charge is 0.460 e. The maximum absolute atomic E-state index is 10.7. The minimum Gasteiger partial charge on any atom is -0.460 e. The van der Waals surface area contributed by atoms with E-state index in [1.165, 1.54) is 0 Å². The number of fused-ring (bicyclic) bond motifs is 2. The zero-order valence-electron chi connectivity index (χ0n) is 16.1. The maximum atomic E-state index is 10.7. The van der Waals surface area contributed by atoms with E-state index >= 15 is 0 Å². The van der Waals surface area contributed by atoms with E-state index in [0.717, 1.165) is 59.0 Å². The van der Waals surface area contributed by atoms with Crippen LogP contribution in [-0.4, -0.2) is 46.5 Å². The van der Waals surface area contributed by atoms with Crippen molar-refractivity contribution in [3.05, 3.63) is 59.7 Å². The number of aryl methyl sites for hydroxylation is 1. The first-order valence-corrected chi connectivity index (χ1v) is 9.71. The zero-order valence-corrected chi connectivity index (χ0v) is 16.1. The van der Waals surface area contributed by atoms with Gasteiger partial charge in [-0.2, -0.15) is 0 Å². The molecule has 6 heteroatoms. The van der Waals surface area contributed by atoms with Crippen molar-refractivity contribution in [2.75, 3.05) is 24.5 Å². The Balaban J connectivity index is 1.50. The van der Waals surface area contributed by atoms with Crippen LogP contribution in [0.5, 0.6) is 5.75 Å². The monoisotopic (exact) mass is 376 g/mol. The normalized spacial score (nSPS) is 22.0. The van der Waals surface area contributed by atoms with Gasteiger partial charge in [-0.05, 0) is 38.1 Å². The van der Waals surface area contributed by atoms with Gasteiger partial charge in [0.15, 0.2) is 0 Å². The summed E-state index contributed by atoms with van der Waals surface area (Å²) in [5, 5.41) is 14.1. The van der Waals surface area contributed by atoms with Crippen LogP contribution < -0.4 is 15.0 Å². The zero-order chi connectivity index (χ0) is 19.3. The van der Waals surface area contributed by atoms with Gasteiger partial charge < -0.3 is 24.5 Å². The van der Waals surface area contributed by atoms with Gasteiger partial charge in [0.25, 0.3) is 0 Å². The summed E-state index contributed by atoms with van der Waals surface area (Å²) < 4.78 is 7.93. The molecule has 0 spiro atoms. The first-order valence-electron chi connectivity index (χ1n) is 9.71. The molecule has 2 aromatic heterocycles. The molecule has 1 unspecified atom stereocenters. The SMILES string of the molecule is Cc1nccn2cc(C3=Cc4ccc(N5CCN[C@@H](C)C5)cc4OC3O)cc12. The highest BCUT2D eigenvalue weighted by atomic mass is 16.6. The van der Waals surface area contributed by atoms with Crippen LogP contribution in [0.2, 0.25) is 0 Å². The van der Waals surface area contributed by atoms with Gasteiger partial charge >= 0.3 is 0 Å². The van der Waals surface area contributed by atoms with E-state index in [0.29, 0.717) is 6.04 Å². The molecule has 2 aliphatic heterocycles. The molecule has 4 heterocycles. The molecule has 1 fully saturated rings. The fourth-order valence-corrected chi connectivity index (χ4v) is 4.09. The molecule has 2 N–H and O–H groups in total. The number of aromatic nitrogens is 2. The van der Waals surface area contributed by atoms with Crippen molar-refractivity contribution in [3.63, 3.8) is 0 Å². The molecule has 5 rings (SSSR count). The summed E-state index contributed by atoms with van der Waals surface area (Å²) in [5.41, 5.74) is 5.80. The van der Waals surface area contributed by atoms with Crippen molar-refractivity contribution in [2.24, 2.45) is 0 Å². The summed E-state index contributed by atoms with van der Waals surface area (Å²) in [5.74, 6) is 0.724. The Morgan fingerprint density at radius 3 is 3.00 bits per heavy atom. The topological polar surface area (TPSA) is 62.0 Å². The van der Waals surface area contributed by atoms with Crippen LogP contribution in [0.15, 0.2) is 42.9 Å². The lowest BCUT2D eigenvalue weighted by atomic mass is 10.0. The smallest absolute Gasteiger partial charge is 0.224 e. The highest BCUT2D eigenvalue weighted by Gasteiger charge is 2.24. The lowest BCUT2D eigenvalue weighted by molar-refractivity contribution is 0.0320. The van der Waals surface area contributed by atoms with Gasteiger partial charge in [0.1, 0.15) is 5.75 Å². The van der Waals surface area contributed by atoms with Crippen molar-refractivity contribution in [1.82, 2.24) is 14.7 Å². The van der Waals surface area contributed by atoms with E-state index in [1.807, 2.05) is 41.9 Å². The third-order valence-electron chi connectivity index (χ3n) is 5.59. The van der Waals surface area contributed by atoms with Crippen molar-refractivity contribution < 1.29 is 9.84 Å². The Labute approximate surface area is 164 Å². The molecule has 1 saturated heterocycles. The van der Waals surface area contributed by atoms with Crippen molar-refractivity contribution in [3.8, 4) is 5.75 Å². The summed E-state index contributed by atoms with van der Waals surface area (Å²) in [7, 11) is 0. The minimum atomic E-state index is -0.990. The lowest BCUT2D eigenvalue weighted by Gasteiger charge is -2.34.